The van der Waals surface area contributed by atoms with E-state index < -0.39 is 9.84 Å². The minimum absolute atomic E-state index is 0.132. The zero-order chi connectivity index (χ0) is 22.3. The van der Waals surface area contributed by atoms with Crippen molar-refractivity contribution in [1.82, 2.24) is 19.8 Å². The Kier molecular flexibility index (Phi) is 5.15. The summed E-state index contributed by atoms with van der Waals surface area (Å²) in [5.41, 5.74) is 3.18. The summed E-state index contributed by atoms with van der Waals surface area (Å²) in [6.07, 6.45) is 0. The smallest absolute Gasteiger partial charge is 0.229 e. The van der Waals surface area contributed by atoms with Crippen molar-refractivity contribution >= 4 is 48.1 Å². The van der Waals surface area contributed by atoms with E-state index in [0.29, 0.717) is 17.9 Å². The highest BCUT2D eigenvalue weighted by Gasteiger charge is 2.27. The van der Waals surface area contributed by atoms with Crippen LogP contribution in [0.4, 0.5) is 5.82 Å². The summed E-state index contributed by atoms with van der Waals surface area (Å²) in [5.74, 6) is 0.572. The summed E-state index contributed by atoms with van der Waals surface area (Å²) in [6, 6.07) is 22.2. The van der Waals surface area contributed by atoms with Crippen molar-refractivity contribution in [1.29, 1.82) is 0 Å². The summed E-state index contributed by atoms with van der Waals surface area (Å²) in [4.78, 5) is 4.78. The average molecular weight is 508 g/mol. The Balaban J connectivity index is 1.64. The van der Waals surface area contributed by atoms with Gasteiger partial charge in [-0.3, -0.25) is 0 Å². The number of hydrogen-bond acceptors (Lipinski definition) is 6. The van der Waals surface area contributed by atoms with E-state index in [1.807, 2.05) is 43.3 Å². The van der Waals surface area contributed by atoms with Gasteiger partial charge in [-0.25, -0.2) is 13.4 Å². The second-order valence-electron chi connectivity index (χ2n) is 7.40. The number of fused-ring (bicyclic) bond motifs is 3. The number of sulfone groups is 1. The Morgan fingerprint density at radius 2 is 1.69 bits per heavy atom. The molecule has 2 heterocycles. The molecule has 7 nitrogen and oxygen atoms in total. The molecule has 160 valence electrons. The van der Waals surface area contributed by atoms with Crippen LogP contribution in [0, 0.1) is 6.92 Å². The van der Waals surface area contributed by atoms with Crippen molar-refractivity contribution in [2.24, 2.45) is 0 Å². The predicted molar refractivity (Wildman–Crippen MR) is 126 cm³/mol. The molecule has 0 fully saturated rings. The molecule has 9 heteroatoms. The number of aromatic nitrogens is 4. The third-order valence-electron chi connectivity index (χ3n) is 5.18. The van der Waals surface area contributed by atoms with Crippen LogP contribution >= 0.6 is 15.9 Å². The second kappa shape index (κ2) is 7.99. The molecule has 2 aromatic heterocycles. The van der Waals surface area contributed by atoms with Crippen LogP contribution in [0.2, 0.25) is 0 Å². The monoisotopic (exact) mass is 507 g/mol. The SMILES string of the molecule is Cc1ccc(CNc2nc3c(S(=O)(=O)c4ccc(Br)cc4)nnn3c3ccccc23)cc1. The van der Waals surface area contributed by atoms with Gasteiger partial charge in [0, 0.05) is 16.4 Å². The number of benzene rings is 3. The van der Waals surface area contributed by atoms with E-state index in [-0.39, 0.29) is 15.6 Å². The molecule has 0 aliphatic heterocycles. The Hall–Kier alpha value is -3.30. The van der Waals surface area contributed by atoms with Crippen LogP contribution in [0.3, 0.4) is 0 Å². The molecule has 0 aliphatic rings. The number of hydrogen-bond donors (Lipinski definition) is 1. The van der Waals surface area contributed by atoms with Crippen LogP contribution in [0.5, 0.6) is 0 Å². The Morgan fingerprint density at radius 1 is 0.969 bits per heavy atom. The van der Waals surface area contributed by atoms with Crippen molar-refractivity contribution in [3.63, 3.8) is 0 Å². The van der Waals surface area contributed by atoms with E-state index in [4.69, 9.17) is 0 Å². The van der Waals surface area contributed by atoms with Gasteiger partial charge < -0.3 is 5.32 Å². The molecule has 0 saturated carbocycles. The van der Waals surface area contributed by atoms with Gasteiger partial charge in [-0.1, -0.05) is 63.1 Å². The Morgan fingerprint density at radius 3 is 2.44 bits per heavy atom. The fraction of sp³-hybridized carbons (Fsp3) is 0.0870. The molecule has 0 bridgehead atoms. The van der Waals surface area contributed by atoms with Crippen LogP contribution in [0.25, 0.3) is 16.6 Å². The first kappa shape index (κ1) is 20.6. The number of aryl methyl sites for hydroxylation is 1. The average Bonchev–Trinajstić information content (AvgIpc) is 3.24. The molecule has 0 aliphatic carbocycles. The summed E-state index contributed by atoms with van der Waals surface area (Å²) < 4.78 is 28.8. The lowest BCUT2D eigenvalue weighted by atomic mass is 10.1. The first-order valence-corrected chi connectivity index (χ1v) is 12.2. The van der Waals surface area contributed by atoms with E-state index in [9.17, 15) is 8.42 Å². The highest BCUT2D eigenvalue weighted by atomic mass is 79.9. The lowest BCUT2D eigenvalue weighted by Gasteiger charge is -2.11. The number of nitrogens with one attached hydrogen (secondary N) is 1. The van der Waals surface area contributed by atoms with E-state index in [1.54, 1.807) is 12.1 Å². The van der Waals surface area contributed by atoms with Crippen LogP contribution in [-0.4, -0.2) is 28.2 Å². The maximum Gasteiger partial charge on any atom is 0.229 e. The summed E-state index contributed by atoms with van der Waals surface area (Å²) in [6.45, 7) is 2.59. The summed E-state index contributed by atoms with van der Waals surface area (Å²) in [7, 11) is -3.90. The minimum Gasteiger partial charge on any atom is -0.365 e. The normalized spacial score (nSPS) is 11.8. The van der Waals surface area contributed by atoms with Gasteiger partial charge >= 0.3 is 0 Å². The first-order valence-electron chi connectivity index (χ1n) is 9.88. The van der Waals surface area contributed by atoms with Gasteiger partial charge in [0.1, 0.15) is 5.82 Å². The molecule has 5 rings (SSSR count). The number of halogens is 1. The molecule has 0 radical (unpaired) electrons. The van der Waals surface area contributed by atoms with Crippen LogP contribution in [0.15, 0.2) is 87.2 Å². The zero-order valence-corrected chi connectivity index (χ0v) is 19.4. The van der Waals surface area contributed by atoms with Gasteiger partial charge in [-0.15, -0.1) is 5.10 Å². The van der Waals surface area contributed by atoms with E-state index in [0.717, 1.165) is 15.4 Å². The molecule has 32 heavy (non-hydrogen) atoms. The van der Waals surface area contributed by atoms with Crippen LogP contribution in [0.1, 0.15) is 11.1 Å². The second-order valence-corrected chi connectivity index (χ2v) is 10.2. The Bertz CT molecular complexity index is 1550. The number of nitrogens with zero attached hydrogens (tertiary/aromatic N) is 4. The lowest BCUT2D eigenvalue weighted by molar-refractivity contribution is 0.592. The molecule has 0 amide bonds. The molecule has 0 atom stereocenters. The maximum absolute atomic E-state index is 13.3. The van der Waals surface area contributed by atoms with Crippen LogP contribution in [-0.2, 0) is 16.4 Å². The quantitative estimate of drug-likeness (QED) is 0.367. The van der Waals surface area contributed by atoms with E-state index in [1.165, 1.54) is 22.2 Å². The molecule has 5 aromatic rings. The van der Waals surface area contributed by atoms with Gasteiger partial charge in [0.05, 0.1) is 10.4 Å². The third-order valence-corrected chi connectivity index (χ3v) is 7.38. The van der Waals surface area contributed by atoms with Gasteiger partial charge in [0.25, 0.3) is 0 Å². The van der Waals surface area contributed by atoms with Gasteiger partial charge in [-0.2, -0.15) is 4.52 Å². The van der Waals surface area contributed by atoms with Crippen LogP contribution < -0.4 is 5.32 Å². The van der Waals surface area contributed by atoms with Crippen molar-refractivity contribution in [3.05, 3.63) is 88.4 Å². The van der Waals surface area contributed by atoms with E-state index >= 15 is 0 Å². The number of para-hydroxylation sites is 1. The van der Waals surface area contributed by atoms with Gasteiger partial charge in [0.15, 0.2) is 5.65 Å². The van der Waals surface area contributed by atoms with Crippen molar-refractivity contribution in [3.8, 4) is 0 Å². The molecular formula is C23H18BrN5O2S. The third kappa shape index (κ3) is 3.63. The summed E-state index contributed by atoms with van der Waals surface area (Å²) in [5, 5.41) is 12.1. The highest BCUT2D eigenvalue weighted by Crippen LogP contribution is 2.28. The fourth-order valence-electron chi connectivity index (χ4n) is 3.47. The van der Waals surface area contributed by atoms with Gasteiger partial charge in [0.2, 0.25) is 14.9 Å². The topological polar surface area (TPSA) is 89.2 Å². The number of anilines is 1. The molecule has 0 saturated heterocycles. The first-order chi connectivity index (χ1) is 15.4. The largest absolute Gasteiger partial charge is 0.365 e. The Labute approximate surface area is 193 Å². The predicted octanol–water partition coefficient (Wildman–Crippen LogP) is 4.79. The van der Waals surface area contributed by atoms with Crippen molar-refractivity contribution < 1.29 is 8.42 Å². The molecular weight excluding hydrogens is 490 g/mol. The zero-order valence-electron chi connectivity index (χ0n) is 17.0. The molecule has 3 aromatic carbocycles. The van der Waals surface area contributed by atoms with E-state index in [2.05, 4.69) is 48.7 Å². The maximum atomic E-state index is 13.3. The molecule has 0 unspecified atom stereocenters. The van der Waals surface area contributed by atoms with Crippen molar-refractivity contribution in [2.75, 3.05) is 5.32 Å². The molecule has 0 spiro atoms. The fourth-order valence-corrected chi connectivity index (χ4v) is 4.97. The minimum atomic E-state index is -3.90. The molecule has 1 N–H and O–H groups in total. The van der Waals surface area contributed by atoms with Crippen molar-refractivity contribution in [2.45, 2.75) is 23.4 Å². The highest BCUT2D eigenvalue weighted by molar-refractivity contribution is 9.10. The standard InChI is InChI=1S/C23H18BrN5O2S/c1-15-6-8-16(9-7-15)14-25-21-19-4-2-3-5-20(19)29-22(26-21)23(27-28-29)32(30,31)18-12-10-17(24)11-13-18/h2-13H,14H2,1H3,(H,25,26). The number of rotatable bonds is 5. The summed E-state index contributed by atoms with van der Waals surface area (Å²) >= 11 is 3.33. The van der Waals surface area contributed by atoms with Gasteiger partial charge in [-0.05, 0) is 48.9 Å². The lowest BCUT2D eigenvalue weighted by Crippen LogP contribution is -2.07.